The number of amides is 1. The van der Waals surface area contributed by atoms with Crippen LogP contribution in [0.5, 0.6) is 5.75 Å². The van der Waals surface area contributed by atoms with Crippen molar-refractivity contribution in [2.24, 2.45) is 0 Å². The molecule has 1 amide bonds. The van der Waals surface area contributed by atoms with Crippen LogP contribution in [0.1, 0.15) is 31.9 Å². The molecule has 0 unspecified atom stereocenters. The average Bonchev–Trinajstić information content (AvgIpc) is 2.54. The summed E-state index contributed by atoms with van der Waals surface area (Å²) in [4.78, 5) is 11.7. The molecule has 5 atom stereocenters. The molecule has 0 aromatic heterocycles. The minimum Gasteiger partial charge on any atom is -0.462 e. The van der Waals surface area contributed by atoms with Gasteiger partial charge in [0.15, 0.2) is 5.79 Å². The minimum absolute atomic E-state index is 0.272. The molecule has 0 saturated carbocycles. The first kappa shape index (κ1) is 19.1. The van der Waals surface area contributed by atoms with Crippen LogP contribution in [0.15, 0.2) is 18.2 Å². The van der Waals surface area contributed by atoms with E-state index in [9.17, 15) is 9.90 Å². The molecule has 0 bridgehead atoms. The van der Waals surface area contributed by atoms with Crippen LogP contribution in [0, 0.1) is 13.8 Å². The normalized spacial score (nSPS) is 33.2. The molecule has 7 heteroatoms. The highest BCUT2D eigenvalue weighted by atomic mass is 16.8. The monoisotopic (exact) mass is 365 g/mol. The number of hydrogen-bond donors (Lipinski definition) is 2. The second kappa shape index (κ2) is 7.15. The zero-order valence-electron chi connectivity index (χ0n) is 15.8. The van der Waals surface area contributed by atoms with Crippen molar-refractivity contribution in [2.45, 2.75) is 71.0 Å². The Morgan fingerprint density at radius 3 is 2.77 bits per heavy atom. The number of aryl methyl sites for hydroxylation is 2. The van der Waals surface area contributed by atoms with Crippen LogP contribution in [-0.4, -0.2) is 54.1 Å². The number of aliphatic hydroxyl groups excluding tert-OH is 1. The summed E-state index contributed by atoms with van der Waals surface area (Å²) in [6, 6.07) is 5.09. The Morgan fingerprint density at radius 1 is 1.35 bits per heavy atom. The van der Waals surface area contributed by atoms with Crippen molar-refractivity contribution in [1.29, 1.82) is 0 Å². The fourth-order valence-electron chi connectivity index (χ4n) is 3.29. The maximum absolute atomic E-state index is 11.7. The number of hydrogen-bond acceptors (Lipinski definition) is 6. The lowest BCUT2D eigenvalue weighted by Crippen LogP contribution is -2.69. The predicted molar refractivity (Wildman–Crippen MR) is 93.7 cm³/mol. The van der Waals surface area contributed by atoms with Gasteiger partial charge in [-0.3, -0.25) is 4.79 Å². The molecule has 7 nitrogen and oxygen atoms in total. The predicted octanol–water partition coefficient (Wildman–Crippen LogP) is 1.42. The summed E-state index contributed by atoms with van der Waals surface area (Å²) in [6.45, 7) is 9.12. The Kier molecular flexibility index (Phi) is 5.25. The zero-order chi connectivity index (χ0) is 19.1. The molecule has 2 fully saturated rings. The molecule has 2 saturated heterocycles. The van der Waals surface area contributed by atoms with Crippen molar-refractivity contribution >= 4 is 5.91 Å². The summed E-state index contributed by atoms with van der Waals surface area (Å²) in [7, 11) is 0. The highest BCUT2D eigenvalue weighted by Gasteiger charge is 2.52. The van der Waals surface area contributed by atoms with E-state index in [-0.39, 0.29) is 12.5 Å². The van der Waals surface area contributed by atoms with Gasteiger partial charge < -0.3 is 29.4 Å². The fraction of sp³-hybridized carbons (Fsp3) is 0.632. The first-order chi connectivity index (χ1) is 12.2. The van der Waals surface area contributed by atoms with Gasteiger partial charge in [0.1, 0.15) is 30.1 Å². The smallest absolute Gasteiger partial charge is 0.223 e. The zero-order valence-corrected chi connectivity index (χ0v) is 15.8. The second-order valence-corrected chi connectivity index (χ2v) is 7.44. The molecule has 3 rings (SSSR count). The molecule has 0 spiro atoms. The maximum atomic E-state index is 11.7. The van der Waals surface area contributed by atoms with Crippen LogP contribution >= 0.6 is 0 Å². The third kappa shape index (κ3) is 4.01. The van der Waals surface area contributed by atoms with E-state index < -0.39 is 36.4 Å². The van der Waals surface area contributed by atoms with Gasteiger partial charge in [-0.25, -0.2) is 0 Å². The van der Waals surface area contributed by atoms with Crippen LogP contribution in [0.25, 0.3) is 0 Å². The first-order valence-electron chi connectivity index (χ1n) is 8.82. The van der Waals surface area contributed by atoms with Crippen LogP contribution in [0.2, 0.25) is 0 Å². The lowest BCUT2D eigenvalue weighted by atomic mass is 9.95. The Morgan fingerprint density at radius 2 is 2.08 bits per heavy atom. The number of ether oxygens (including phenoxy) is 4. The van der Waals surface area contributed by atoms with Crippen molar-refractivity contribution < 1.29 is 28.8 Å². The Hall–Kier alpha value is -1.67. The van der Waals surface area contributed by atoms with Gasteiger partial charge in [0, 0.05) is 6.92 Å². The molecule has 144 valence electrons. The maximum Gasteiger partial charge on any atom is 0.223 e. The molecule has 2 N–H and O–H groups in total. The lowest BCUT2D eigenvalue weighted by molar-refractivity contribution is -0.361. The highest BCUT2D eigenvalue weighted by molar-refractivity contribution is 5.73. The molecule has 2 aliphatic heterocycles. The van der Waals surface area contributed by atoms with Crippen LogP contribution < -0.4 is 10.1 Å². The summed E-state index contributed by atoms with van der Waals surface area (Å²) < 4.78 is 23.5. The van der Waals surface area contributed by atoms with E-state index in [0.717, 1.165) is 11.1 Å². The summed E-state index contributed by atoms with van der Waals surface area (Å²) in [5.41, 5.74) is 1.98. The summed E-state index contributed by atoms with van der Waals surface area (Å²) in [6.07, 6.45) is -2.95. The SMILES string of the molecule is CC(=O)N[C@@H]1[C@H](Oc2cc(C)ccc2C)O[C@@H]2COC(C)(C)O[C@H]2[C@@H]1O. The minimum atomic E-state index is -0.990. The molecule has 1 aromatic carbocycles. The molecular weight excluding hydrogens is 338 g/mol. The molecule has 2 aliphatic rings. The average molecular weight is 365 g/mol. The van der Waals surface area contributed by atoms with Gasteiger partial charge in [0.05, 0.1) is 6.61 Å². The molecule has 0 aliphatic carbocycles. The van der Waals surface area contributed by atoms with E-state index in [4.69, 9.17) is 18.9 Å². The largest absolute Gasteiger partial charge is 0.462 e. The number of fused-ring (bicyclic) bond motifs is 1. The van der Waals surface area contributed by atoms with Crippen LogP contribution in [0.3, 0.4) is 0 Å². The topological polar surface area (TPSA) is 86.3 Å². The van der Waals surface area contributed by atoms with Gasteiger partial charge in [0.2, 0.25) is 12.2 Å². The van der Waals surface area contributed by atoms with Crippen molar-refractivity contribution in [3.8, 4) is 5.75 Å². The number of carbonyl (C=O) groups is 1. The third-order valence-corrected chi connectivity index (χ3v) is 4.64. The molecule has 1 aromatic rings. The van der Waals surface area contributed by atoms with Crippen molar-refractivity contribution in [3.63, 3.8) is 0 Å². The number of rotatable bonds is 3. The van der Waals surface area contributed by atoms with Gasteiger partial charge >= 0.3 is 0 Å². The van der Waals surface area contributed by atoms with E-state index in [2.05, 4.69) is 5.32 Å². The van der Waals surface area contributed by atoms with Gasteiger partial charge in [-0.05, 0) is 44.9 Å². The quantitative estimate of drug-likeness (QED) is 0.843. The van der Waals surface area contributed by atoms with E-state index in [0.29, 0.717) is 5.75 Å². The van der Waals surface area contributed by atoms with Gasteiger partial charge in [0.25, 0.3) is 0 Å². The lowest BCUT2D eigenvalue weighted by Gasteiger charge is -2.49. The number of aliphatic hydroxyl groups is 1. The van der Waals surface area contributed by atoms with Crippen molar-refractivity contribution in [1.82, 2.24) is 5.32 Å². The molecule has 2 heterocycles. The highest BCUT2D eigenvalue weighted by Crippen LogP contribution is 2.34. The molecule has 26 heavy (non-hydrogen) atoms. The Balaban J connectivity index is 1.85. The van der Waals surface area contributed by atoms with E-state index in [1.165, 1.54) is 6.92 Å². The van der Waals surface area contributed by atoms with Crippen molar-refractivity contribution in [3.05, 3.63) is 29.3 Å². The van der Waals surface area contributed by atoms with Crippen LogP contribution in [0.4, 0.5) is 0 Å². The van der Waals surface area contributed by atoms with Crippen LogP contribution in [-0.2, 0) is 19.0 Å². The van der Waals surface area contributed by atoms with E-state index in [1.807, 2.05) is 32.0 Å². The second-order valence-electron chi connectivity index (χ2n) is 7.44. The van der Waals surface area contributed by atoms with Gasteiger partial charge in [-0.15, -0.1) is 0 Å². The van der Waals surface area contributed by atoms with E-state index in [1.54, 1.807) is 13.8 Å². The summed E-state index contributed by atoms with van der Waals surface area (Å²) in [5, 5.41) is 13.6. The summed E-state index contributed by atoms with van der Waals surface area (Å²) in [5.74, 6) is -0.460. The molecular formula is C19H27NO6. The Labute approximate surface area is 153 Å². The summed E-state index contributed by atoms with van der Waals surface area (Å²) >= 11 is 0. The van der Waals surface area contributed by atoms with E-state index >= 15 is 0 Å². The standard InChI is InChI=1S/C19H27NO6/c1-10-6-7-11(2)13(8-10)24-18-15(20-12(3)21)16(22)17-14(25-18)9-23-19(4,5)26-17/h6-8,14-18,22H,9H2,1-5H3,(H,20,21)/t14-,15+,16-,17-,18-/m1/s1. The number of nitrogens with one attached hydrogen (secondary N) is 1. The third-order valence-electron chi connectivity index (χ3n) is 4.64. The molecule has 0 radical (unpaired) electrons. The fourth-order valence-corrected chi connectivity index (χ4v) is 3.29. The number of carbonyl (C=O) groups excluding carboxylic acids is 1. The van der Waals surface area contributed by atoms with Gasteiger partial charge in [-0.2, -0.15) is 0 Å². The Bertz CT molecular complexity index is 676. The first-order valence-corrected chi connectivity index (χ1v) is 8.82. The number of benzene rings is 1. The van der Waals surface area contributed by atoms with Crippen molar-refractivity contribution in [2.75, 3.05) is 6.61 Å². The van der Waals surface area contributed by atoms with Gasteiger partial charge in [-0.1, -0.05) is 12.1 Å².